The minimum Gasteiger partial charge on any atom is -0.396 e. The molecule has 2 N–H and O–H groups in total. The summed E-state index contributed by atoms with van der Waals surface area (Å²) in [5.41, 5.74) is -0.110. The Morgan fingerprint density at radius 3 is 2.00 bits per heavy atom. The lowest BCUT2D eigenvalue weighted by Crippen LogP contribution is -2.34. The first-order valence-electron chi connectivity index (χ1n) is 6.18. The van der Waals surface area contributed by atoms with Gasteiger partial charge in [0.05, 0.1) is 19.8 Å². The molecular weight excluding hydrogens is 204 g/mol. The molecule has 0 aliphatic rings. The first-order valence-corrected chi connectivity index (χ1v) is 6.18. The number of rotatable bonds is 8. The SMILES string of the molecule is CCC(CO)(CO)COCCCC(C)(C)C. The first-order chi connectivity index (χ1) is 7.39. The van der Waals surface area contributed by atoms with Gasteiger partial charge in [0, 0.05) is 12.0 Å². The molecule has 0 bridgehead atoms. The summed E-state index contributed by atoms with van der Waals surface area (Å²) in [6.45, 7) is 9.73. The highest BCUT2D eigenvalue weighted by molar-refractivity contribution is 4.75. The van der Waals surface area contributed by atoms with Crippen molar-refractivity contribution in [3.05, 3.63) is 0 Å². The van der Waals surface area contributed by atoms with Gasteiger partial charge in [0.25, 0.3) is 0 Å². The van der Waals surface area contributed by atoms with Crippen LogP contribution in [0.1, 0.15) is 47.0 Å². The van der Waals surface area contributed by atoms with E-state index in [9.17, 15) is 10.2 Å². The summed E-state index contributed by atoms with van der Waals surface area (Å²) in [4.78, 5) is 0. The van der Waals surface area contributed by atoms with Gasteiger partial charge in [-0.1, -0.05) is 27.7 Å². The van der Waals surface area contributed by atoms with Crippen molar-refractivity contribution in [3.63, 3.8) is 0 Å². The Balaban J connectivity index is 3.71. The molecule has 0 aliphatic heterocycles. The molecule has 0 aromatic rings. The van der Waals surface area contributed by atoms with Crippen LogP contribution >= 0.6 is 0 Å². The van der Waals surface area contributed by atoms with Crippen molar-refractivity contribution in [1.82, 2.24) is 0 Å². The summed E-state index contributed by atoms with van der Waals surface area (Å²) in [6, 6.07) is 0. The Labute approximate surface area is 99.8 Å². The van der Waals surface area contributed by atoms with Gasteiger partial charge in [-0.15, -0.1) is 0 Å². The predicted octanol–water partition coefficient (Wildman–Crippen LogP) is 2.21. The van der Waals surface area contributed by atoms with Crippen LogP contribution in [0.2, 0.25) is 0 Å². The Hall–Kier alpha value is -0.120. The Morgan fingerprint density at radius 2 is 1.62 bits per heavy atom. The molecule has 0 fully saturated rings. The summed E-state index contributed by atoms with van der Waals surface area (Å²) in [7, 11) is 0. The molecular formula is C13H28O3. The van der Waals surface area contributed by atoms with E-state index in [4.69, 9.17) is 4.74 Å². The molecule has 0 saturated heterocycles. The van der Waals surface area contributed by atoms with E-state index in [1.807, 2.05) is 6.92 Å². The minimum atomic E-state index is -0.457. The van der Waals surface area contributed by atoms with Crippen molar-refractivity contribution < 1.29 is 14.9 Å². The first kappa shape index (κ1) is 15.9. The van der Waals surface area contributed by atoms with Crippen LogP contribution in [-0.2, 0) is 4.74 Å². The number of ether oxygens (including phenoxy) is 1. The molecule has 0 aliphatic carbocycles. The van der Waals surface area contributed by atoms with Crippen LogP contribution in [0.3, 0.4) is 0 Å². The van der Waals surface area contributed by atoms with Crippen LogP contribution in [0, 0.1) is 10.8 Å². The Kier molecular flexibility index (Phi) is 7.20. The van der Waals surface area contributed by atoms with Crippen molar-refractivity contribution in [2.75, 3.05) is 26.4 Å². The number of hydrogen-bond acceptors (Lipinski definition) is 3. The zero-order chi connectivity index (χ0) is 12.7. The van der Waals surface area contributed by atoms with Crippen molar-refractivity contribution in [2.24, 2.45) is 10.8 Å². The molecule has 3 heteroatoms. The van der Waals surface area contributed by atoms with Gasteiger partial charge in [0.1, 0.15) is 0 Å². The van der Waals surface area contributed by atoms with Gasteiger partial charge in [0.15, 0.2) is 0 Å². The third-order valence-electron chi connectivity index (χ3n) is 3.04. The molecule has 0 unspecified atom stereocenters. The second-order valence-electron chi connectivity index (χ2n) is 5.89. The van der Waals surface area contributed by atoms with Gasteiger partial charge >= 0.3 is 0 Å². The summed E-state index contributed by atoms with van der Waals surface area (Å²) < 4.78 is 5.55. The van der Waals surface area contributed by atoms with Gasteiger partial charge in [-0.2, -0.15) is 0 Å². The number of aliphatic hydroxyl groups is 2. The smallest absolute Gasteiger partial charge is 0.0566 e. The maximum atomic E-state index is 9.22. The van der Waals surface area contributed by atoms with Crippen LogP contribution < -0.4 is 0 Å². The lowest BCUT2D eigenvalue weighted by atomic mass is 9.88. The highest BCUT2D eigenvalue weighted by Crippen LogP contribution is 2.22. The fourth-order valence-corrected chi connectivity index (χ4v) is 1.46. The molecule has 0 aromatic heterocycles. The summed E-state index contributed by atoms with van der Waals surface area (Å²) in [5.74, 6) is 0. The van der Waals surface area contributed by atoms with E-state index in [1.165, 1.54) is 0 Å². The van der Waals surface area contributed by atoms with Crippen molar-refractivity contribution in [2.45, 2.75) is 47.0 Å². The summed E-state index contributed by atoms with van der Waals surface area (Å²) >= 11 is 0. The maximum absolute atomic E-state index is 9.22. The molecule has 0 heterocycles. The van der Waals surface area contributed by atoms with Crippen molar-refractivity contribution in [1.29, 1.82) is 0 Å². The second-order valence-corrected chi connectivity index (χ2v) is 5.89. The second kappa shape index (κ2) is 7.25. The Morgan fingerprint density at radius 1 is 1.06 bits per heavy atom. The van der Waals surface area contributed by atoms with E-state index in [0.717, 1.165) is 19.3 Å². The zero-order valence-electron chi connectivity index (χ0n) is 11.3. The highest BCUT2D eigenvalue weighted by atomic mass is 16.5. The molecule has 0 radical (unpaired) electrons. The fourth-order valence-electron chi connectivity index (χ4n) is 1.46. The summed E-state index contributed by atoms with van der Waals surface area (Å²) in [6.07, 6.45) is 2.89. The molecule has 3 nitrogen and oxygen atoms in total. The molecule has 0 aromatic carbocycles. The van der Waals surface area contributed by atoms with Crippen LogP contribution in [0.4, 0.5) is 0 Å². The molecule has 98 valence electrons. The lowest BCUT2D eigenvalue weighted by Gasteiger charge is -2.28. The monoisotopic (exact) mass is 232 g/mol. The number of aliphatic hydroxyl groups excluding tert-OH is 2. The third-order valence-corrected chi connectivity index (χ3v) is 3.04. The quantitative estimate of drug-likeness (QED) is 0.631. The fraction of sp³-hybridized carbons (Fsp3) is 1.00. The number of hydrogen-bond donors (Lipinski definition) is 2. The standard InChI is InChI=1S/C13H28O3/c1-5-13(9-14,10-15)11-16-8-6-7-12(2,3)4/h14-15H,5-11H2,1-4H3. The van der Waals surface area contributed by atoms with Gasteiger partial charge in [-0.05, 0) is 24.7 Å². The average Bonchev–Trinajstić information content (AvgIpc) is 2.23. The van der Waals surface area contributed by atoms with Crippen molar-refractivity contribution in [3.8, 4) is 0 Å². The topological polar surface area (TPSA) is 49.7 Å². The van der Waals surface area contributed by atoms with E-state index >= 15 is 0 Å². The normalized spacial score (nSPS) is 13.1. The van der Waals surface area contributed by atoms with Crippen LogP contribution in [0.25, 0.3) is 0 Å². The van der Waals surface area contributed by atoms with Gasteiger partial charge < -0.3 is 14.9 Å². The van der Waals surface area contributed by atoms with Crippen LogP contribution in [-0.4, -0.2) is 36.6 Å². The van der Waals surface area contributed by atoms with Crippen molar-refractivity contribution >= 4 is 0 Å². The maximum Gasteiger partial charge on any atom is 0.0566 e. The molecule has 0 atom stereocenters. The van der Waals surface area contributed by atoms with Gasteiger partial charge in [0.2, 0.25) is 0 Å². The van der Waals surface area contributed by atoms with E-state index in [2.05, 4.69) is 20.8 Å². The van der Waals surface area contributed by atoms with E-state index in [1.54, 1.807) is 0 Å². The molecule has 0 amide bonds. The van der Waals surface area contributed by atoms with Crippen LogP contribution in [0.5, 0.6) is 0 Å². The van der Waals surface area contributed by atoms with Gasteiger partial charge in [-0.25, -0.2) is 0 Å². The predicted molar refractivity (Wildman–Crippen MR) is 66.4 cm³/mol. The molecule has 16 heavy (non-hydrogen) atoms. The van der Waals surface area contributed by atoms with E-state index in [-0.39, 0.29) is 13.2 Å². The Bertz CT molecular complexity index is 160. The van der Waals surface area contributed by atoms with Crippen LogP contribution in [0.15, 0.2) is 0 Å². The highest BCUT2D eigenvalue weighted by Gasteiger charge is 2.26. The molecule has 0 spiro atoms. The summed E-state index contributed by atoms with van der Waals surface area (Å²) in [5, 5.41) is 18.4. The largest absolute Gasteiger partial charge is 0.396 e. The van der Waals surface area contributed by atoms with E-state index in [0.29, 0.717) is 18.6 Å². The average molecular weight is 232 g/mol. The molecule has 0 rings (SSSR count). The molecule has 0 saturated carbocycles. The zero-order valence-corrected chi connectivity index (χ0v) is 11.3. The van der Waals surface area contributed by atoms with Gasteiger partial charge in [-0.3, -0.25) is 0 Å². The van der Waals surface area contributed by atoms with E-state index < -0.39 is 5.41 Å². The lowest BCUT2D eigenvalue weighted by molar-refractivity contribution is -0.0315. The minimum absolute atomic E-state index is 0.0146. The third kappa shape index (κ3) is 6.46.